The van der Waals surface area contributed by atoms with E-state index in [2.05, 4.69) is 0 Å². The van der Waals surface area contributed by atoms with Crippen molar-refractivity contribution >= 4 is 17.3 Å². The van der Waals surface area contributed by atoms with Gasteiger partial charge in [0.1, 0.15) is 6.61 Å². The van der Waals surface area contributed by atoms with Crippen molar-refractivity contribution in [2.75, 3.05) is 34.4 Å². The van der Waals surface area contributed by atoms with Crippen LogP contribution in [0.1, 0.15) is 16.4 Å². The number of carbonyl (C=O) groups is 1. The first-order chi connectivity index (χ1) is 11.5. The number of para-hydroxylation sites is 1. The Hall–Kier alpha value is -2.05. The van der Waals surface area contributed by atoms with Crippen molar-refractivity contribution < 1.29 is 19.4 Å². The third-order valence-electron chi connectivity index (χ3n) is 3.67. The lowest BCUT2D eigenvalue weighted by atomic mass is 9.97. The van der Waals surface area contributed by atoms with E-state index in [1.54, 1.807) is 7.11 Å². The minimum absolute atomic E-state index is 0.365. The van der Waals surface area contributed by atoms with E-state index in [4.69, 9.17) is 9.47 Å². The summed E-state index contributed by atoms with van der Waals surface area (Å²) >= 11 is 1.46. The van der Waals surface area contributed by atoms with Crippen LogP contribution in [0.5, 0.6) is 11.5 Å². The van der Waals surface area contributed by atoms with E-state index in [1.807, 2.05) is 54.7 Å². The molecule has 0 aliphatic carbocycles. The second kappa shape index (κ2) is 8.70. The highest BCUT2D eigenvalue weighted by Gasteiger charge is 2.24. The molecule has 0 aliphatic heterocycles. The molecule has 1 aromatic carbocycles. The fourth-order valence-electron chi connectivity index (χ4n) is 2.40. The maximum Gasteiger partial charge on any atom is 0.312 e. The van der Waals surface area contributed by atoms with Gasteiger partial charge in [-0.3, -0.25) is 4.79 Å². The summed E-state index contributed by atoms with van der Waals surface area (Å²) in [5.41, 5.74) is 0.842. The summed E-state index contributed by atoms with van der Waals surface area (Å²) in [6.07, 6.45) is 0.365. The van der Waals surface area contributed by atoms with Crippen molar-refractivity contribution in [3.05, 3.63) is 46.2 Å². The van der Waals surface area contributed by atoms with E-state index in [0.29, 0.717) is 24.5 Å². The number of aliphatic carboxylic acids is 1. The molecular weight excluding hydrogens is 326 g/mol. The van der Waals surface area contributed by atoms with Gasteiger partial charge < -0.3 is 19.5 Å². The summed E-state index contributed by atoms with van der Waals surface area (Å²) in [4.78, 5) is 14.6. The van der Waals surface area contributed by atoms with E-state index in [9.17, 15) is 9.90 Å². The van der Waals surface area contributed by atoms with Crippen LogP contribution in [0.2, 0.25) is 0 Å². The third-order valence-corrected chi connectivity index (χ3v) is 4.66. The predicted molar refractivity (Wildman–Crippen MR) is 95.4 cm³/mol. The molecule has 24 heavy (non-hydrogen) atoms. The highest BCUT2D eigenvalue weighted by molar-refractivity contribution is 7.10. The Labute approximate surface area is 146 Å². The zero-order valence-electron chi connectivity index (χ0n) is 14.2. The molecule has 0 fully saturated rings. The smallest absolute Gasteiger partial charge is 0.312 e. The molecule has 1 aromatic heterocycles. The topological polar surface area (TPSA) is 59.0 Å². The van der Waals surface area contributed by atoms with Crippen LogP contribution in [-0.2, 0) is 11.2 Å². The number of hydrogen-bond donors (Lipinski definition) is 1. The predicted octanol–water partition coefficient (Wildman–Crippen LogP) is 3.11. The van der Waals surface area contributed by atoms with Gasteiger partial charge in [-0.1, -0.05) is 18.2 Å². The van der Waals surface area contributed by atoms with E-state index >= 15 is 0 Å². The largest absolute Gasteiger partial charge is 0.493 e. The number of ether oxygens (including phenoxy) is 2. The van der Waals surface area contributed by atoms with Gasteiger partial charge in [0.05, 0.1) is 13.0 Å². The summed E-state index contributed by atoms with van der Waals surface area (Å²) in [6.45, 7) is 1.28. The molecule has 0 amide bonds. The van der Waals surface area contributed by atoms with Crippen molar-refractivity contribution in [1.82, 2.24) is 4.90 Å². The molecule has 1 heterocycles. The van der Waals surface area contributed by atoms with Crippen molar-refractivity contribution in [3.8, 4) is 11.5 Å². The lowest BCUT2D eigenvalue weighted by molar-refractivity contribution is -0.138. The van der Waals surface area contributed by atoms with Gasteiger partial charge in [-0.25, -0.2) is 0 Å². The van der Waals surface area contributed by atoms with Gasteiger partial charge in [0.2, 0.25) is 0 Å². The highest BCUT2D eigenvalue weighted by atomic mass is 32.1. The number of rotatable bonds is 9. The van der Waals surface area contributed by atoms with Crippen LogP contribution in [0.4, 0.5) is 0 Å². The number of nitrogens with zero attached hydrogens (tertiary/aromatic N) is 1. The lowest BCUT2D eigenvalue weighted by Gasteiger charge is -2.18. The van der Waals surface area contributed by atoms with Crippen LogP contribution in [0.3, 0.4) is 0 Å². The number of methoxy groups -OCH3 is 1. The number of carboxylic acid groups (broad SMARTS) is 1. The minimum Gasteiger partial charge on any atom is -0.493 e. The number of carboxylic acids is 1. The van der Waals surface area contributed by atoms with Crippen molar-refractivity contribution in [2.45, 2.75) is 12.3 Å². The van der Waals surface area contributed by atoms with Crippen LogP contribution in [0.25, 0.3) is 0 Å². The molecule has 0 radical (unpaired) electrons. The molecule has 5 nitrogen and oxygen atoms in total. The second-order valence-corrected chi connectivity index (χ2v) is 6.69. The maximum absolute atomic E-state index is 11.7. The molecule has 0 bridgehead atoms. The molecule has 0 saturated heterocycles. The van der Waals surface area contributed by atoms with Gasteiger partial charge in [-0.15, -0.1) is 11.3 Å². The minimum atomic E-state index is -0.834. The standard InChI is InChI=1S/C18H23NO4S/c1-19(2)9-10-23-17-13(6-4-7-15(17)22-3)12-14(18(20)21)16-8-5-11-24-16/h4-8,11,14H,9-10,12H2,1-3H3,(H,20,21). The quantitative estimate of drug-likeness (QED) is 0.754. The zero-order valence-corrected chi connectivity index (χ0v) is 15.0. The van der Waals surface area contributed by atoms with E-state index in [-0.39, 0.29) is 0 Å². The third kappa shape index (κ3) is 4.72. The molecule has 0 saturated carbocycles. The Balaban J connectivity index is 2.26. The summed E-state index contributed by atoms with van der Waals surface area (Å²) in [5.74, 6) is -0.168. The zero-order chi connectivity index (χ0) is 17.5. The number of thiophene rings is 1. The fraction of sp³-hybridized carbons (Fsp3) is 0.389. The van der Waals surface area contributed by atoms with Gasteiger partial charge in [-0.05, 0) is 43.6 Å². The summed E-state index contributed by atoms with van der Waals surface area (Å²) in [5, 5.41) is 11.5. The first-order valence-electron chi connectivity index (χ1n) is 7.72. The lowest BCUT2D eigenvalue weighted by Crippen LogP contribution is -2.20. The summed E-state index contributed by atoms with van der Waals surface area (Å²) in [7, 11) is 5.54. The molecule has 0 spiro atoms. The van der Waals surface area contributed by atoms with Gasteiger partial charge >= 0.3 is 5.97 Å². The number of benzene rings is 1. The summed E-state index contributed by atoms with van der Waals surface area (Å²) in [6, 6.07) is 9.32. The first kappa shape index (κ1) is 18.3. The second-order valence-electron chi connectivity index (χ2n) is 5.71. The average Bonchev–Trinajstić information content (AvgIpc) is 3.06. The van der Waals surface area contributed by atoms with Crippen LogP contribution in [0.15, 0.2) is 35.7 Å². The molecule has 1 atom stereocenters. The molecule has 2 rings (SSSR count). The van der Waals surface area contributed by atoms with Crippen LogP contribution < -0.4 is 9.47 Å². The van der Waals surface area contributed by atoms with Crippen molar-refractivity contribution in [1.29, 1.82) is 0 Å². The maximum atomic E-state index is 11.7. The van der Waals surface area contributed by atoms with E-state index in [0.717, 1.165) is 17.0 Å². The highest BCUT2D eigenvalue weighted by Crippen LogP contribution is 2.35. The molecule has 1 unspecified atom stereocenters. The van der Waals surface area contributed by atoms with Crippen molar-refractivity contribution in [3.63, 3.8) is 0 Å². The van der Waals surface area contributed by atoms with Crippen LogP contribution >= 0.6 is 11.3 Å². The van der Waals surface area contributed by atoms with Gasteiger partial charge in [-0.2, -0.15) is 0 Å². The van der Waals surface area contributed by atoms with Gasteiger partial charge in [0.25, 0.3) is 0 Å². The van der Waals surface area contributed by atoms with Gasteiger partial charge in [0, 0.05) is 11.4 Å². The number of hydrogen-bond acceptors (Lipinski definition) is 5. The molecule has 1 N–H and O–H groups in total. The SMILES string of the molecule is COc1cccc(CC(C(=O)O)c2cccs2)c1OCCN(C)C. The molecule has 0 aliphatic rings. The molecular formula is C18H23NO4S. The normalized spacial score (nSPS) is 12.2. The first-order valence-corrected chi connectivity index (χ1v) is 8.60. The fourth-order valence-corrected chi connectivity index (χ4v) is 3.22. The van der Waals surface area contributed by atoms with Crippen LogP contribution in [0, 0.1) is 0 Å². The number of likely N-dealkylation sites (N-methyl/N-ethyl adjacent to an activating group) is 1. The Morgan fingerprint density at radius 3 is 2.67 bits per heavy atom. The van der Waals surface area contributed by atoms with E-state index < -0.39 is 11.9 Å². The molecule has 2 aromatic rings. The van der Waals surface area contributed by atoms with E-state index in [1.165, 1.54) is 11.3 Å². The Bertz CT molecular complexity index is 655. The monoisotopic (exact) mass is 349 g/mol. The summed E-state index contributed by atoms with van der Waals surface area (Å²) < 4.78 is 11.3. The van der Waals surface area contributed by atoms with Gasteiger partial charge in [0.15, 0.2) is 11.5 Å². The van der Waals surface area contributed by atoms with Crippen LogP contribution in [-0.4, -0.2) is 50.3 Å². The Morgan fingerprint density at radius 1 is 1.29 bits per heavy atom. The molecule has 6 heteroatoms. The average molecular weight is 349 g/mol. The van der Waals surface area contributed by atoms with Crippen molar-refractivity contribution in [2.24, 2.45) is 0 Å². The Morgan fingerprint density at radius 2 is 2.08 bits per heavy atom. The molecule has 130 valence electrons. The Kier molecular flexibility index (Phi) is 6.63.